The van der Waals surface area contributed by atoms with Crippen molar-refractivity contribution in [3.63, 3.8) is 0 Å². The van der Waals surface area contributed by atoms with Crippen molar-refractivity contribution in [2.75, 3.05) is 6.61 Å². The largest absolute Gasteiger partial charge is 0.479 e. The molecule has 2 aromatic rings. The summed E-state index contributed by atoms with van der Waals surface area (Å²) < 4.78 is 5.22. The first-order valence-electron chi connectivity index (χ1n) is 9.00. The number of ether oxygens (including phenoxy) is 1. The molecule has 0 aliphatic rings. The summed E-state index contributed by atoms with van der Waals surface area (Å²) in [7, 11) is 0. The molecule has 2 N–H and O–H groups in total. The van der Waals surface area contributed by atoms with Crippen LogP contribution in [0.4, 0.5) is 0 Å². The Hall–Kier alpha value is -3.08. The molecular weight excluding hydrogens is 427 g/mol. The molecule has 0 aromatic heterocycles. The van der Waals surface area contributed by atoms with E-state index in [4.69, 9.17) is 33.2 Å². The normalized spacial score (nSPS) is 11.7. The first kappa shape index (κ1) is 23.2. The third kappa shape index (κ3) is 6.76. The second kappa shape index (κ2) is 11.2. The van der Waals surface area contributed by atoms with Gasteiger partial charge in [-0.25, -0.2) is 5.43 Å². The number of nitrogens with one attached hydrogen (secondary N) is 2. The van der Waals surface area contributed by atoms with Crippen molar-refractivity contribution in [3.05, 3.63) is 63.6 Å². The molecule has 0 aliphatic heterocycles. The minimum atomic E-state index is -0.811. The summed E-state index contributed by atoms with van der Waals surface area (Å²) in [5.41, 5.74) is 3.39. The molecule has 156 valence electrons. The molecule has 0 aliphatic carbocycles. The summed E-state index contributed by atoms with van der Waals surface area (Å²) in [6.45, 7) is 3.55. The third-order valence-electron chi connectivity index (χ3n) is 3.97. The number of benzene rings is 2. The predicted molar refractivity (Wildman–Crippen MR) is 116 cm³/mol. The van der Waals surface area contributed by atoms with E-state index in [0.29, 0.717) is 21.9 Å². The van der Waals surface area contributed by atoms with Crippen LogP contribution in [0.5, 0.6) is 5.75 Å². The van der Waals surface area contributed by atoms with Crippen LogP contribution in [0.3, 0.4) is 0 Å². The number of nitrogens with zero attached hydrogens (tertiary/aromatic N) is 2. The summed E-state index contributed by atoms with van der Waals surface area (Å²) in [6, 6.07) is 12.5. The Kier molecular flexibility index (Phi) is 8.66. The molecule has 30 heavy (non-hydrogen) atoms. The third-order valence-corrected chi connectivity index (χ3v) is 4.71. The molecule has 2 amide bonds. The van der Waals surface area contributed by atoms with Gasteiger partial charge in [-0.1, -0.05) is 49.2 Å². The van der Waals surface area contributed by atoms with Gasteiger partial charge in [0.2, 0.25) is 0 Å². The summed E-state index contributed by atoms with van der Waals surface area (Å²) in [6.07, 6.45) is 1.44. The summed E-state index contributed by atoms with van der Waals surface area (Å²) in [5.74, 6) is -0.587. The zero-order chi connectivity index (χ0) is 22.1. The summed E-state index contributed by atoms with van der Waals surface area (Å²) >= 11 is 11.8. The van der Waals surface area contributed by atoms with Gasteiger partial charge in [-0.2, -0.15) is 10.4 Å². The molecule has 2 rings (SSSR count). The average molecular weight is 447 g/mol. The van der Waals surface area contributed by atoms with Crippen LogP contribution < -0.4 is 15.5 Å². The molecule has 0 saturated heterocycles. The van der Waals surface area contributed by atoms with E-state index in [9.17, 15) is 9.59 Å². The molecule has 0 spiro atoms. The quantitative estimate of drug-likeness (QED) is 0.475. The van der Waals surface area contributed by atoms with Crippen molar-refractivity contribution in [1.82, 2.24) is 10.7 Å². The van der Waals surface area contributed by atoms with Crippen LogP contribution in [0, 0.1) is 17.2 Å². The topological polar surface area (TPSA) is 104 Å². The fourth-order valence-electron chi connectivity index (χ4n) is 2.44. The highest BCUT2D eigenvalue weighted by Crippen LogP contribution is 2.22. The van der Waals surface area contributed by atoms with Crippen LogP contribution in [0.25, 0.3) is 0 Å². The van der Waals surface area contributed by atoms with E-state index in [1.54, 1.807) is 38.1 Å². The number of amides is 2. The highest BCUT2D eigenvalue weighted by atomic mass is 35.5. The van der Waals surface area contributed by atoms with Crippen molar-refractivity contribution in [3.8, 4) is 11.8 Å². The van der Waals surface area contributed by atoms with Crippen LogP contribution in [0.15, 0.2) is 47.6 Å². The monoisotopic (exact) mass is 446 g/mol. The molecule has 0 saturated carbocycles. The molecule has 1 atom stereocenters. The van der Waals surface area contributed by atoms with Crippen LogP contribution in [-0.4, -0.2) is 30.7 Å². The van der Waals surface area contributed by atoms with Gasteiger partial charge in [0.15, 0.2) is 6.61 Å². The van der Waals surface area contributed by atoms with E-state index in [1.807, 2.05) is 6.07 Å². The van der Waals surface area contributed by atoms with Gasteiger partial charge in [-0.15, -0.1) is 0 Å². The van der Waals surface area contributed by atoms with Crippen molar-refractivity contribution >= 4 is 41.2 Å². The second-order valence-electron chi connectivity index (χ2n) is 6.58. The number of carbonyl (C=O) groups excluding carboxylic acids is 2. The Morgan fingerprint density at radius 2 is 1.97 bits per heavy atom. The van der Waals surface area contributed by atoms with E-state index in [0.717, 1.165) is 0 Å². The summed E-state index contributed by atoms with van der Waals surface area (Å²) in [5, 5.41) is 15.8. The standard InChI is InChI=1S/C21H20Cl2N4O3/c1-13(2)19(26-20(28)15-6-7-17(22)18(23)11-15)21(29)27-25-12-14-4-3-5-16(10-14)30-9-8-24/h3-7,10-13,19H,9H2,1-2H3,(H,26,28)(H,27,29). The lowest BCUT2D eigenvalue weighted by Gasteiger charge is -2.20. The highest BCUT2D eigenvalue weighted by molar-refractivity contribution is 6.42. The first-order chi connectivity index (χ1) is 14.3. The van der Waals surface area contributed by atoms with Crippen LogP contribution in [-0.2, 0) is 4.79 Å². The molecule has 0 bridgehead atoms. The number of nitriles is 1. The number of halogens is 2. The number of hydrogen-bond donors (Lipinski definition) is 2. The molecule has 2 aromatic carbocycles. The van der Waals surface area contributed by atoms with E-state index in [1.165, 1.54) is 24.4 Å². The van der Waals surface area contributed by atoms with E-state index < -0.39 is 17.9 Å². The van der Waals surface area contributed by atoms with Gasteiger partial charge in [0.1, 0.15) is 17.9 Å². The van der Waals surface area contributed by atoms with Crippen molar-refractivity contribution < 1.29 is 14.3 Å². The maximum atomic E-state index is 12.5. The van der Waals surface area contributed by atoms with Gasteiger partial charge in [-0.05, 0) is 41.8 Å². The molecule has 7 nitrogen and oxygen atoms in total. The van der Waals surface area contributed by atoms with Gasteiger partial charge >= 0.3 is 0 Å². The number of hydrazone groups is 1. The van der Waals surface area contributed by atoms with E-state index in [-0.39, 0.29) is 17.5 Å². The Bertz CT molecular complexity index is 986. The molecule has 1 unspecified atom stereocenters. The average Bonchev–Trinajstić information content (AvgIpc) is 2.72. The lowest BCUT2D eigenvalue weighted by molar-refractivity contribution is -0.123. The maximum Gasteiger partial charge on any atom is 0.262 e. The second-order valence-corrected chi connectivity index (χ2v) is 7.39. The SMILES string of the molecule is CC(C)C(NC(=O)c1ccc(Cl)c(Cl)c1)C(=O)NN=Cc1cccc(OCC#N)c1. The van der Waals surface area contributed by atoms with Crippen molar-refractivity contribution in [2.45, 2.75) is 19.9 Å². The van der Waals surface area contributed by atoms with Crippen molar-refractivity contribution in [1.29, 1.82) is 5.26 Å². The smallest absolute Gasteiger partial charge is 0.262 e. The summed E-state index contributed by atoms with van der Waals surface area (Å²) in [4.78, 5) is 25.0. The highest BCUT2D eigenvalue weighted by Gasteiger charge is 2.24. The van der Waals surface area contributed by atoms with Gasteiger partial charge < -0.3 is 10.1 Å². The van der Waals surface area contributed by atoms with Crippen LogP contribution in [0.1, 0.15) is 29.8 Å². The number of hydrogen-bond acceptors (Lipinski definition) is 5. The van der Waals surface area contributed by atoms with E-state index >= 15 is 0 Å². The fourth-order valence-corrected chi connectivity index (χ4v) is 2.74. The Morgan fingerprint density at radius 1 is 1.20 bits per heavy atom. The maximum absolute atomic E-state index is 12.5. The zero-order valence-corrected chi connectivity index (χ0v) is 17.9. The van der Waals surface area contributed by atoms with Gasteiger partial charge in [-0.3, -0.25) is 9.59 Å². The van der Waals surface area contributed by atoms with Crippen molar-refractivity contribution in [2.24, 2.45) is 11.0 Å². The molecular formula is C21H20Cl2N4O3. The molecule has 0 heterocycles. The number of carbonyl (C=O) groups is 2. The molecule has 9 heteroatoms. The minimum absolute atomic E-state index is 0.0636. The molecule has 0 fully saturated rings. The minimum Gasteiger partial charge on any atom is -0.479 e. The van der Waals surface area contributed by atoms with Crippen LogP contribution >= 0.6 is 23.2 Å². The molecule has 0 radical (unpaired) electrons. The Morgan fingerprint density at radius 3 is 2.63 bits per heavy atom. The van der Waals surface area contributed by atoms with Crippen LogP contribution in [0.2, 0.25) is 10.0 Å². The van der Waals surface area contributed by atoms with Gasteiger partial charge in [0, 0.05) is 5.56 Å². The van der Waals surface area contributed by atoms with E-state index in [2.05, 4.69) is 15.8 Å². The first-order valence-corrected chi connectivity index (χ1v) is 9.76. The fraction of sp³-hybridized carbons (Fsp3) is 0.238. The Labute approximate surface area is 184 Å². The van der Waals surface area contributed by atoms with Gasteiger partial charge in [0.05, 0.1) is 16.3 Å². The zero-order valence-electron chi connectivity index (χ0n) is 16.4. The lowest BCUT2D eigenvalue weighted by Crippen LogP contribution is -2.48. The predicted octanol–water partition coefficient (Wildman–Crippen LogP) is 3.80. The van der Waals surface area contributed by atoms with Gasteiger partial charge in [0.25, 0.3) is 11.8 Å². The Balaban J connectivity index is 2.01. The lowest BCUT2D eigenvalue weighted by atomic mass is 10.0. The number of rotatable bonds is 8.